The number of nitrogens with zero attached hydrogens (tertiary/aromatic N) is 1. The number of primary sulfonamides is 1. The Morgan fingerprint density at radius 3 is 2.37 bits per heavy atom. The van der Waals surface area contributed by atoms with Crippen LogP contribution in [0.1, 0.15) is 6.42 Å². The lowest BCUT2D eigenvalue weighted by Gasteiger charge is -2.16. The first-order valence-corrected chi connectivity index (χ1v) is 7.62. The Morgan fingerprint density at radius 1 is 1.21 bits per heavy atom. The SMILES string of the molecule is CN(CCCN)CCOc1ccc(S(N)(=O)=O)cc1. The number of ether oxygens (including phenoxy) is 1. The van der Waals surface area contributed by atoms with Crippen LogP contribution in [0.4, 0.5) is 0 Å². The average molecular weight is 287 g/mol. The third-order valence-electron chi connectivity index (χ3n) is 2.64. The fraction of sp³-hybridized carbons (Fsp3) is 0.500. The summed E-state index contributed by atoms with van der Waals surface area (Å²) in [6, 6.07) is 6.06. The molecule has 0 saturated heterocycles. The highest BCUT2D eigenvalue weighted by molar-refractivity contribution is 7.89. The smallest absolute Gasteiger partial charge is 0.238 e. The van der Waals surface area contributed by atoms with Gasteiger partial charge >= 0.3 is 0 Å². The highest BCUT2D eigenvalue weighted by Gasteiger charge is 2.07. The monoisotopic (exact) mass is 287 g/mol. The molecule has 0 spiro atoms. The molecule has 0 aliphatic rings. The summed E-state index contributed by atoms with van der Waals surface area (Å²) >= 11 is 0. The van der Waals surface area contributed by atoms with E-state index in [0.717, 1.165) is 19.5 Å². The van der Waals surface area contributed by atoms with Crippen molar-refractivity contribution in [3.63, 3.8) is 0 Å². The van der Waals surface area contributed by atoms with E-state index in [9.17, 15) is 8.42 Å². The largest absolute Gasteiger partial charge is 0.492 e. The number of hydrogen-bond donors (Lipinski definition) is 2. The van der Waals surface area contributed by atoms with Gasteiger partial charge < -0.3 is 15.4 Å². The second-order valence-electron chi connectivity index (χ2n) is 4.31. The van der Waals surface area contributed by atoms with Crippen molar-refractivity contribution in [1.82, 2.24) is 4.90 Å². The van der Waals surface area contributed by atoms with Crippen LogP contribution in [-0.4, -0.2) is 46.6 Å². The summed E-state index contributed by atoms with van der Waals surface area (Å²) in [5.74, 6) is 0.625. The maximum Gasteiger partial charge on any atom is 0.238 e. The van der Waals surface area contributed by atoms with E-state index in [0.29, 0.717) is 18.9 Å². The van der Waals surface area contributed by atoms with Crippen LogP contribution in [-0.2, 0) is 10.0 Å². The molecule has 108 valence electrons. The summed E-state index contributed by atoms with van der Waals surface area (Å²) in [5, 5.41) is 5.01. The van der Waals surface area contributed by atoms with E-state index in [1.165, 1.54) is 12.1 Å². The van der Waals surface area contributed by atoms with Crippen LogP contribution in [0, 0.1) is 0 Å². The van der Waals surface area contributed by atoms with Crippen molar-refractivity contribution in [1.29, 1.82) is 0 Å². The summed E-state index contributed by atoms with van der Waals surface area (Å²) in [5.41, 5.74) is 5.43. The number of sulfonamides is 1. The molecule has 19 heavy (non-hydrogen) atoms. The Kier molecular flexibility index (Phi) is 6.23. The molecular weight excluding hydrogens is 266 g/mol. The third kappa shape index (κ3) is 6.02. The summed E-state index contributed by atoms with van der Waals surface area (Å²) in [7, 11) is -1.64. The van der Waals surface area contributed by atoms with Crippen molar-refractivity contribution in [3.05, 3.63) is 24.3 Å². The minimum atomic E-state index is -3.64. The van der Waals surface area contributed by atoms with Crippen molar-refractivity contribution in [2.75, 3.05) is 33.3 Å². The molecular formula is C12H21N3O3S. The molecule has 1 aromatic rings. The van der Waals surface area contributed by atoms with Crippen LogP contribution in [0.15, 0.2) is 29.2 Å². The van der Waals surface area contributed by atoms with E-state index in [1.54, 1.807) is 12.1 Å². The average Bonchev–Trinajstić information content (AvgIpc) is 2.36. The molecule has 0 aromatic heterocycles. The minimum absolute atomic E-state index is 0.0833. The van der Waals surface area contributed by atoms with Gasteiger partial charge in [0.1, 0.15) is 12.4 Å². The lowest BCUT2D eigenvalue weighted by Crippen LogP contribution is -2.26. The lowest BCUT2D eigenvalue weighted by atomic mass is 10.3. The molecule has 0 radical (unpaired) electrons. The van der Waals surface area contributed by atoms with Crippen molar-refractivity contribution >= 4 is 10.0 Å². The second kappa shape index (κ2) is 7.44. The highest BCUT2D eigenvalue weighted by Crippen LogP contribution is 2.14. The van der Waals surface area contributed by atoms with Crippen molar-refractivity contribution < 1.29 is 13.2 Å². The molecule has 6 nitrogen and oxygen atoms in total. The predicted molar refractivity (Wildman–Crippen MR) is 74.5 cm³/mol. The van der Waals surface area contributed by atoms with Gasteiger partial charge in [-0.05, 0) is 50.8 Å². The van der Waals surface area contributed by atoms with Gasteiger partial charge in [0.2, 0.25) is 10.0 Å². The molecule has 1 rings (SSSR count). The lowest BCUT2D eigenvalue weighted by molar-refractivity contribution is 0.236. The number of likely N-dealkylation sites (N-methyl/N-ethyl adjacent to an activating group) is 1. The van der Waals surface area contributed by atoms with E-state index in [1.807, 2.05) is 7.05 Å². The van der Waals surface area contributed by atoms with Gasteiger partial charge in [-0.25, -0.2) is 13.6 Å². The maximum absolute atomic E-state index is 11.1. The van der Waals surface area contributed by atoms with Crippen LogP contribution in [0.25, 0.3) is 0 Å². The standard InChI is InChI=1S/C12H21N3O3S/c1-15(8-2-7-13)9-10-18-11-3-5-12(6-4-11)19(14,16)17/h3-6H,2,7-10,13H2,1H3,(H2,14,16,17). The van der Waals surface area contributed by atoms with Gasteiger partial charge in [0.25, 0.3) is 0 Å². The number of benzene rings is 1. The molecule has 0 amide bonds. The molecule has 0 unspecified atom stereocenters. The molecule has 0 bridgehead atoms. The summed E-state index contributed by atoms with van der Waals surface area (Å²) in [4.78, 5) is 2.21. The molecule has 0 fully saturated rings. The molecule has 4 N–H and O–H groups in total. The molecule has 0 atom stereocenters. The second-order valence-corrected chi connectivity index (χ2v) is 5.87. The number of nitrogens with two attached hydrogens (primary N) is 2. The van der Waals surface area contributed by atoms with Crippen LogP contribution in [0.5, 0.6) is 5.75 Å². The van der Waals surface area contributed by atoms with Gasteiger partial charge in [0.05, 0.1) is 4.90 Å². The molecule has 0 aliphatic carbocycles. The van der Waals surface area contributed by atoms with Gasteiger partial charge in [-0.3, -0.25) is 0 Å². The Hall–Kier alpha value is -1.15. The topological polar surface area (TPSA) is 98.6 Å². The van der Waals surface area contributed by atoms with Gasteiger partial charge in [-0.2, -0.15) is 0 Å². The Labute approximate surface area is 114 Å². The van der Waals surface area contributed by atoms with E-state index >= 15 is 0 Å². The summed E-state index contributed by atoms with van der Waals surface area (Å²) < 4.78 is 27.7. The Balaban J connectivity index is 2.38. The van der Waals surface area contributed by atoms with Crippen LogP contribution in [0.3, 0.4) is 0 Å². The first-order valence-electron chi connectivity index (χ1n) is 6.08. The first-order chi connectivity index (χ1) is 8.93. The quantitative estimate of drug-likeness (QED) is 0.701. The fourth-order valence-electron chi connectivity index (χ4n) is 1.52. The van der Waals surface area contributed by atoms with Crippen molar-refractivity contribution in [2.45, 2.75) is 11.3 Å². The zero-order chi connectivity index (χ0) is 14.3. The van der Waals surface area contributed by atoms with Crippen LogP contribution in [0.2, 0.25) is 0 Å². The Morgan fingerprint density at radius 2 is 1.84 bits per heavy atom. The minimum Gasteiger partial charge on any atom is -0.492 e. The van der Waals surface area contributed by atoms with Crippen molar-refractivity contribution in [3.8, 4) is 5.75 Å². The van der Waals surface area contributed by atoms with Crippen LogP contribution >= 0.6 is 0 Å². The predicted octanol–water partition coefficient (Wildman–Crippen LogP) is -0.00660. The Bertz CT molecular complexity index is 473. The first kappa shape index (κ1) is 15.9. The number of rotatable bonds is 8. The van der Waals surface area contributed by atoms with Gasteiger partial charge in [0.15, 0.2) is 0 Å². The van der Waals surface area contributed by atoms with Gasteiger partial charge in [-0.15, -0.1) is 0 Å². The van der Waals surface area contributed by atoms with Gasteiger partial charge in [0, 0.05) is 6.54 Å². The van der Waals surface area contributed by atoms with E-state index < -0.39 is 10.0 Å². The third-order valence-corrected chi connectivity index (χ3v) is 3.57. The molecule has 0 aliphatic heterocycles. The molecule has 7 heteroatoms. The zero-order valence-corrected chi connectivity index (χ0v) is 11.9. The van der Waals surface area contributed by atoms with E-state index in [2.05, 4.69) is 4.90 Å². The summed E-state index contributed by atoms with van der Waals surface area (Å²) in [6.07, 6.45) is 0.958. The number of hydrogen-bond acceptors (Lipinski definition) is 5. The van der Waals surface area contributed by atoms with E-state index in [-0.39, 0.29) is 4.90 Å². The molecule has 1 aromatic carbocycles. The highest BCUT2D eigenvalue weighted by atomic mass is 32.2. The van der Waals surface area contributed by atoms with E-state index in [4.69, 9.17) is 15.6 Å². The van der Waals surface area contributed by atoms with Gasteiger partial charge in [-0.1, -0.05) is 0 Å². The normalized spacial score (nSPS) is 11.8. The fourth-order valence-corrected chi connectivity index (χ4v) is 2.03. The maximum atomic E-state index is 11.1. The zero-order valence-electron chi connectivity index (χ0n) is 11.1. The molecule has 0 heterocycles. The molecule has 0 saturated carbocycles. The summed E-state index contributed by atoms with van der Waals surface area (Å²) in [6.45, 7) is 2.94. The van der Waals surface area contributed by atoms with Crippen molar-refractivity contribution in [2.24, 2.45) is 10.9 Å². The van der Waals surface area contributed by atoms with Crippen LogP contribution < -0.4 is 15.6 Å².